The van der Waals surface area contributed by atoms with E-state index in [1.807, 2.05) is 0 Å². The van der Waals surface area contributed by atoms with E-state index in [0.29, 0.717) is 16.9 Å². The molecule has 0 spiro atoms. The average molecular weight is 309 g/mol. The van der Waals surface area contributed by atoms with Crippen molar-refractivity contribution in [1.82, 2.24) is 19.5 Å². The number of aromatic nitrogens is 4. The van der Waals surface area contributed by atoms with Crippen LogP contribution in [0.5, 0.6) is 0 Å². The van der Waals surface area contributed by atoms with E-state index in [1.165, 1.54) is 12.1 Å². The molecule has 0 aliphatic rings. The van der Waals surface area contributed by atoms with Crippen LogP contribution >= 0.6 is 0 Å². The first-order valence-corrected chi connectivity index (χ1v) is 5.87. The van der Waals surface area contributed by atoms with Gasteiger partial charge in [0.05, 0.1) is 12.2 Å². The Kier molecular flexibility index (Phi) is 3.18. The summed E-state index contributed by atoms with van der Waals surface area (Å²) in [7, 11) is 0. The number of hydrogen-bond donors (Lipinski definition) is 0. The summed E-state index contributed by atoms with van der Waals surface area (Å²) < 4.78 is 43.1. The Bertz CT molecular complexity index is 875. The fourth-order valence-corrected chi connectivity index (χ4v) is 1.81. The van der Waals surface area contributed by atoms with Crippen LogP contribution in [-0.4, -0.2) is 19.5 Å². The van der Waals surface area contributed by atoms with Gasteiger partial charge < -0.3 is 8.92 Å². The molecule has 0 atom stereocenters. The zero-order chi connectivity index (χ0) is 15.7. The van der Waals surface area contributed by atoms with Crippen LogP contribution in [0.3, 0.4) is 0 Å². The predicted octanol–water partition coefficient (Wildman–Crippen LogP) is 3.21. The van der Waals surface area contributed by atoms with Gasteiger partial charge in [0, 0.05) is 22.9 Å². The van der Waals surface area contributed by atoms with E-state index in [2.05, 4.69) is 29.7 Å². The first-order chi connectivity index (χ1) is 10.5. The molecular weight excluding hydrogens is 303 g/mol. The summed E-state index contributed by atoms with van der Waals surface area (Å²) >= 11 is 0. The largest absolute Gasteiger partial charge is 0.471 e. The minimum atomic E-state index is -4.69. The molecule has 0 fully saturated rings. The molecule has 0 aliphatic heterocycles. The molecule has 112 valence electrons. The van der Waals surface area contributed by atoms with E-state index in [-0.39, 0.29) is 12.4 Å². The second kappa shape index (κ2) is 5.04. The number of alkyl halides is 3. The lowest BCUT2D eigenvalue weighted by molar-refractivity contribution is -0.159. The van der Waals surface area contributed by atoms with Crippen LogP contribution in [0.25, 0.3) is 27.5 Å². The van der Waals surface area contributed by atoms with Crippen LogP contribution in [0.15, 0.2) is 34.2 Å². The van der Waals surface area contributed by atoms with E-state index in [9.17, 15) is 13.2 Å². The number of nitrogens with zero attached hydrogens (tertiary/aromatic N) is 7. The monoisotopic (exact) mass is 309 g/mol. The summed E-state index contributed by atoms with van der Waals surface area (Å²) in [6, 6.07) is 3.03. The smallest absolute Gasteiger partial charge is 0.329 e. The number of hydrogen-bond acceptors (Lipinski definition) is 5. The summed E-state index contributed by atoms with van der Waals surface area (Å²) in [6.07, 6.45) is -1.46. The summed E-state index contributed by atoms with van der Waals surface area (Å²) in [5, 5.41) is 6.69. The van der Waals surface area contributed by atoms with E-state index >= 15 is 0 Å². The topological polar surface area (TPSA) is 105 Å². The summed E-state index contributed by atoms with van der Waals surface area (Å²) in [5.41, 5.74) is 9.58. The van der Waals surface area contributed by atoms with Crippen molar-refractivity contribution in [3.05, 3.63) is 46.6 Å². The average Bonchev–Trinajstić information content (AvgIpc) is 3.10. The molecule has 0 saturated heterocycles. The molecule has 3 heterocycles. The second-order valence-electron chi connectivity index (χ2n) is 4.22. The molecule has 0 amide bonds. The highest BCUT2D eigenvalue weighted by atomic mass is 19.4. The lowest BCUT2D eigenvalue weighted by atomic mass is 10.2. The number of halogens is 3. The van der Waals surface area contributed by atoms with Gasteiger partial charge in [0.25, 0.3) is 0 Å². The van der Waals surface area contributed by atoms with Gasteiger partial charge in [0.15, 0.2) is 0 Å². The van der Waals surface area contributed by atoms with Crippen LogP contribution in [-0.2, 0) is 12.7 Å². The number of pyridine rings is 1. The highest BCUT2D eigenvalue weighted by Gasteiger charge is 2.38. The normalized spacial score (nSPS) is 11.6. The van der Waals surface area contributed by atoms with Gasteiger partial charge in [-0.25, -0.2) is 4.98 Å². The van der Waals surface area contributed by atoms with Crippen molar-refractivity contribution in [2.75, 3.05) is 0 Å². The molecule has 3 rings (SSSR count). The Morgan fingerprint density at radius 2 is 2.18 bits per heavy atom. The fourth-order valence-electron chi connectivity index (χ4n) is 1.81. The molecule has 0 bridgehead atoms. The van der Waals surface area contributed by atoms with Gasteiger partial charge >= 0.3 is 12.1 Å². The number of azide groups is 1. The van der Waals surface area contributed by atoms with E-state index in [4.69, 9.17) is 5.53 Å². The third-order valence-electron chi connectivity index (χ3n) is 2.73. The van der Waals surface area contributed by atoms with Gasteiger partial charge in [-0.15, -0.1) is 0 Å². The summed E-state index contributed by atoms with van der Waals surface area (Å²) in [6.45, 7) is 0.0773. The Labute approximate surface area is 119 Å². The number of fused-ring (bicyclic) bond motifs is 1. The zero-order valence-electron chi connectivity index (χ0n) is 10.7. The fraction of sp³-hybridized carbons (Fsp3) is 0.182. The molecular formula is C11H6F3N7O. The molecule has 0 unspecified atom stereocenters. The lowest BCUT2D eigenvalue weighted by Gasteiger charge is -1.97. The van der Waals surface area contributed by atoms with Crippen molar-refractivity contribution in [3.8, 4) is 11.4 Å². The van der Waals surface area contributed by atoms with Crippen molar-refractivity contribution in [3.63, 3.8) is 0 Å². The Morgan fingerprint density at radius 1 is 1.36 bits per heavy atom. The van der Waals surface area contributed by atoms with Crippen molar-refractivity contribution >= 4 is 5.65 Å². The molecule has 0 aromatic carbocycles. The molecule has 0 saturated carbocycles. The van der Waals surface area contributed by atoms with Gasteiger partial charge in [0.2, 0.25) is 5.82 Å². The van der Waals surface area contributed by atoms with E-state index in [0.717, 1.165) is 0 Å². The summed E-state index contributed by atoms with van der Waals surface area (Å²) in [4.78, 5) is 10.1. The minimum Gasteiger partial charge on any atom is -0.329 e. The SMILES string of the molecule is [N-]=[N+]=NCc1cn2ccc(-c3noc(C(F)(F)F)n3)cc2n1. The number of imidazole rings is 1. The predicted molar refractivity (Wildman–Crippen MR) is 66.3 cm³/mol. The maximum Gasteiger partial charge on any atom is 0.471 e. The Balaban J connectivity index is 1.97. The van der Waals surface area contributed by atoms with Crippen LogP contribution in [0.2, 0.25) is 0 Å². The molecule has 3 aromatic heterocycles. The second-order valence-corrected chi connectivity index (χ2v) is 4.22. The third kappa shape index (κ3) is 2.56. The van der Waals surface area contributed by atoms with Crippen LogP contribution in [0.4, 0.5) is 13.2 Å². The molecule has 8 nitrogen and oxygen atoms in total. The molecule has 11 heteroatoms. The molecule has 22 heavy (non-hydrogen) atoms. The van der Waals surface area contributed by atoms with E-state index in [1.54, 1.807) is 16.8 Å². The lowest BCUT2D eigenvalue weighted by Crippen LogP contribution is -2.04. The Hall–Kier alpha value is -3.07. The van der Waals surface area contributed by atoms with Crippen molar-refractivity contribution < 1.29 is 17.7 Å². The number of rotatable bonds is 3. The highest BCUT2D eigenvalue weighted by molar-refractivity contribution is 5.60. The molecule has 3 aromatic rings. The van der Waals surface area contributed by atoms with Gasteiger partial charge in [-0.05, 0) is 17.7 Å². The van der Waals surface area contributed by atoms with Gasteiger partial charge in [-0.3, -0.25) is 0 Å². The quantitative estimate of drug-likeness (QED) is 0.420. The van der Waals surface area contributed by atoms with Crippen LogP contribution in [0.1, 0.15) is 11.6 Å². The van der Waals surface area contributed by atoms with Crippen LogP contribution in [0, 0.1) is 0 Å². The minimum absolute atomic E-state index is 0.0773. The summed E-state index contributed by atoms with van der Waals surface area (Å²) in [5.74, 6) is -1.59. The van der Waals surface area contributed by atoms with Gasteiger partial charge in [-0.1, -0.05) is 10.3 Å². The maximum atomic E-state index is 12.4. The maximum absolute atomic E-state index is 12.4. The van der Waals surface area contributed by atoms with Crippen molar-refractivity contribution in [2.45, 2.75) is 12.7 Å². The van der Waals surface area contributed by atoms with Gasteiger partial charge in [0.1, 0.15) is 5.65 Å². The van der Waals surface area contributed by atoms with Crippen LogP contribution < -0.4 is 0 Å². The van der Waals surface area contributed by atoms with Crippen molar-refractivity contribution in [2.24, 2.45) is 5.11 Å². The Morgan fingerprint density at radius 3 is 2.86 bits per heavy atom. The van der Waals surface area contributed by atoms with Gasteiger partial charge in [-0.2, -0.15) is 18.2 Å². The molecule has 0 radical (unpaired) electrons. The zero-order valence-corrected chi connectivity index (χ0v) is 10.7. The first kappa shape index (κ1) is 13.9. The molecule has 0 N–H and O–H groups in total. The first-order valence-electron chi connectivity index (χ1n) is 5.87. The van der Waals surface area contributed by atoms with Crippen molar-refractivity contribution in [1.29, 1.82) is 0 Å². The van der Waals surface area contributed by atoms with E-state index < -0.39 is 12.1 Å². The third-order valence-corrected chi connectivity index (χ3v) is 2.73. The highest BCUT2D eigenvalue weighted by Crippen LogP contribution is 2.29. The molecule has 0 aliphatic carbocycles. The standard InChI is InChI=1S/C11H6F3N7O/c12-11(13,14)10-18-9(19-22-10)6-1-2-21-5-7(4-16-20-15)17-8(21)3-6/h1-3,5H,4H2.